The van der Waals surface area contributed by atoms with E-state index in [1.165, 1.54) is 17.3 Å². The van der Waals surface area contributed by atoms with Crippen molar-refractivity contribution in [3.8, 4) is 0 Å². The molecule has 0 saturated heterocycles. The largest absolute Gasteiger partial charge is 0.416 e. The van der Waals surface area contributed by atoms with Gasteiger partial charge in [0.25, 0.3) is 0 Å². The first-order valence-corrected chi connectivity index (χ1v) is 6.93. The first-order chi connectivity index (χ1) is 10.8. The Kier molecular flexibility index (Phi) is 3.52. The van der Waals surface area contributed by atoms with Crippen molar-refractivity contribution in [2.24, 2.45) is 10.7 Å². The van der Waals surface area contributed by atoms with Gasteiger partial charge in [-0.1, -0.05) is 18.2 Å². The van der Waals surface area contributed by atoms with Crippen molar-refractivity contribution in [2.45, 2.75) is 19.3 Å². The summed E-state index contributed by atoms with van der Waals surface area (Å²) < 4.78 is 38.6. The lowest BCUT2D eigenvalue weighted by molar-refractivity contribution is -0.137. The molecule has 0 amide bonds. The van der Waals surface area contributed by atoms with E-state index < -0.39 is 17.9 Å². The Morgan fingerprint density at radius 1 is 1.17 bits per heavy atom. The van der Waals surface area contributed by atoms with Crippen LogP contribution in [-0.2, 0) is 6.18 Å². The molecule has 0 fully saturated rings. The fourth-order valence-corrected chi connectivity index (χ4v) is 2.52. The molecule has 0 bridgehead atoms. The van der Waals surface area contributed by atoms with E-state index in [9.17, 15) is 13.2 Å². The molecular weight excluding hydrogens is 305 g/mol. The maximum atomic E-state index is 12.9. The van der Waals surface area contributed by atoms with Gasteiger partial charge >= 0.3 is 6.18 Å². The number of benzene rings is 2. The van der Waals surface area contributed by atoms with E-state index >= 15 is 0 Å². The van der Waals surface area contributed by atoms with Crippen molar-refractivity contribution in [3.05, 3.63) is 53.1 Å². The molecular formula is C16H15F3N4. The molecule has 4 N–H and O–H groups in total. The summed E-state index contributed by atoms with van der Waals surface area (Å²) in [5, 5.41) is 0. The predicted molar refractivity (Wildman–Crippen MR) is 84.6 cm³/mol. The number of aryl methyl sites for hydroxylation is 1. The molecule has 2 aromatic carbocycles. The summed E-state index contributed by atoms with van der Waals surface area (Å²) in [6.07, 6.45) is -3.65. The summed E-state index contributed by atoms with van der Waals surface area (Å²) in [5.41, 5.74) is 14.4. The third-order valence-electron chi connectivity index (χ3n) is 3.87. The van der Waals surface area contributed by atoms with Crippen LogP contribution in [0.4, 0.5) is 30.2 Å². The number of hydrogen-bond donors (Lipinski definition) is 2. The molecule has 1 heterocycles. The van der Waals surface area contributed by atoms with Gasteiger partial charge < -0.3 is 16.4 Å². The van der Waals surface area contributed by atoms with Crippen molar-refractivity contribution in [3.63, 3.8) is 0 Å². The highest BCUT2D eigenvalue weighted by Crippen LogP contribution is 2.39. The number of nitrogens with zero attached hydrogens (tertiary/aromatic N) is 2. The summed E-state index contributed by atoms with van der Waals surface area (Å²) in [5.74, 6) is 0. The fourth-order valence-electron chi connectivity index (χ4n) is 2.52. The molecule has 0 spiro atoms. The third kappa shape index (κ3) is 2.63. The molecule has 0 radical (unpaired) electrons. The van der Waals surface area contributed by atoms with E-state index in [1.807, 2.05) is 13.0 Å². The average Bonchev–Trinajstić information content (AvgIpc) is 2.51. The SMILES string of the molecule is Cc1ccc2c(c1N)N=CN(c1cccc(C(F)(F)F)c1)C2N. The highest BCUT2D eigenvalue weighted by Gasteiger charge is 2.32. The van der Waals surface area contributed by atoms with Gasteiger partial charge in [0.05, 0.1) is 23.3 Å². The van der Waals surface area contributed by atoms with Crippen LogP contribution in [0, 0.1) is 6.92 Å². The van der Waals surface area contributed by atoms with Gasteiger partial charge in [-0.05, 0) is 30.7 Å². The zero-order chi connectivity index (χ0) is 16.8. The molecule has 0 saturated carbocycles. The number of nitrogens with two attached hydrogens (primary N) is 2. The molecule has 4 nitrogen and oxygen atoms in total. The van der Waals surface area contributed by atoms with E-state index in [2.05, 4.69) is 4.99 Å². The fraction of sp³-hybridized carbons (Fsp3) is 0.188. The maximum Gasteiger partial charge on any atom is 0.416 e. The lowest BCUT2D eigenvalue weighted by Gasteiger charge is -2.32. The third-order valence-corrected chi connectivity index (χ3v) is 3.87. The number of halogens is 3. The van der Waals surface area contributed by atoms with Gasteiger partial charge in [0.15, 0.2) is 0 Å². The summed E-state index contributed by atoms with van der Waals surface area (Å²) in [6, 6.07) is 8.59. The van der Waals surface area contributed by atoms with Crippen LogP contribution < -0.4 is 16.4 Å². The van der Waals surface area contributed by atoms with Crippen molar-refractivity contribution in [2.75, 3.05) is 10.6 Å². The highest BCUT2D eigenvalue weighted by atomic mass is 19.4. The minimum Gasteiger partial charge on any atom is -0.397 e. The van der Waals surface area contributed by atoms with E-state index in [1.54, 1.807) is 12.1 Å². The molecule has 1 unspecified atom stereocenters. The summed E-state index contributed by atoms with van der Waals surface area (Å²) in [6.45, 7) is 1.86. The van der Waals surface area contributed by atoms with E-state index in [0.717, 1.165) is 17.7 Å². The highest BCUT2D eigenvalue weighted by molar-refractivity contribution is 5.89. The van der Waals surface area contributed by atoms with E-state index in [-0.39, 0.29) is 0 Å². The van der Waals surface area contributed by atoms with Crippen LogP contribution in [0.15, 0.2) is 41.4 Å². The van der Waals surface area contributed by atoms with Crippen molar-refractivity contribution >= 4 is 23.4 Å². The number of alkyl halides is 3. The van der Waals surface area contributed by atoms with E-state index in [0.29, 0.717) is 22.6 Å². The first-order valence-electron chi connectivity index (χ1n) is 6.93. The quantitative estimate of drug-likeness (QED) is 0.787. The lowest BCUT2D eigenvalue weighted by Crippen LogP contribution is -2.35. The second kappa shape index (κ2) is 5.27. The van der Waals surface area contributed by atoms with Crippen molar-refractivity contribution < 1.29 is 13.2 Å². The number of anilines is 2. The van der Waals surface area contributed by atoms with Gasteiger partial charge in [-0.25, -0.2) is 4.99 Å². The standard InChI is InChI=1S/C16H15F3N4/c1-9-5-6-12-14(13(9)20)22-8-23(15(12)21)11-4-2-3-10(7-11)16(17,18)19/h2-8,15H,20-21H2,1H3. The summed E-state index contributed by atoms with van der Waals surface area (Å²) in [4.78, 5) is 5.76. The average molecular weight is 320 g/mol. The maximum absolute atomic E-state index is 12.9. The smallest absolute Gasteiger partial charge is 0.397 e. The number of rotatable bonds is 1. The van der Waals surface area contributed by atoms with Gasteiger partial charge in [0, 0.05) is 11.3 Å². The molecule has 3 rings (SSSR count). The zero-order valence-electron chi connectivity index (χ0n) is 12.3. The summed E-state index contributed by atoms with van der Waals surface area (Å²) >= 11 is 0. The van der Waals surface area contributed by atoms with Crippen molar-refractivity contribution in [1.29, 1.82) is 0 Å². The Labute approximate surface area is 131 Å². The second-order valence-electron chi connectivity index (χ2n) is 5.38. The number of fused-ring (bicyclic) bond motifs is 1. The van der Waals surface area contributed by atoms with Gasteiger partial charge in [0.1, 0.15) is 6.17 Å². The normalized spacial score (nSPS) is 17.3. The molecule has 1 atom stereocenters. The molecule has 0 aliphatic carbocycles. The van der Waals surface area contributed by atoms with Gasteiger partial charge in [0.2, 0.25) is 0 Å². The molecule has 7 heteroatoms. The zero-order valence-corrected chi connectivity index (χ0v) is 12.3. The van der Waals surface area contributed by atoms with Crippen LogP contribution in [-0.4, -0.2) is 6.34 Å². The number of aliphatic imine (C=N–C) groups is 1. The predicted octanol–water partition coefficient (Wildman–Crippen LogP) is 3.73. The van der Waals surface area contributed by atoms with Crippen LogP contribution in [0.1, 0.15) is 22.9 Å². The Morgan fingerprint density at radius 3 is 2.61 bits per heavy atom. The monoisotopic (exact) mass is 320 g/mol. The Hall–Kier alpha value is -2.54. The number of nitrogen functional groups attached to an aromatic ring is 1. The molecule has 1 aliphatic rings. The molecule has 1 aliphatic heterocycles. The van der Waals surface area contributed by atoms with Gasteiger partial charge in [-0.2, -0.15) is 13.2 Å². The lowest BCUT2D eigenvalue weighted by atomic mass is 10.0. The van der Waals surface area contributed by atoms with Gasteiger partial charge in [-0.15, -0.1) is 0 Å². The van der Waals surface area contributed by atoms with Crippen LogP contribution in [0.25, 0.3) is 0 Å². The van der Waals surface area contributed by atoms with Crippen LogP contribution in [0.3, 0.4) is 0 Å². The van der Waals surface area contributed by atoms with Gasteiger partial charge in [-0.3, -0.25) is 0 Å². The minimum atomic E-state index is -4.41. The topological polar surface area (TPSA) is 67.6 Å². The second-order valence-corrected chi connectivity index (χ2v) is 5.38. The minimum absolute atomic E-state index is 0.320. The Balaban J connectivity index is 2.03. The van der Waals surface area contributed by atoms with Crippen LogP contribution >= 0.6 is 0 Å². The van der Waals surface area contributed by atoms with Crippen LogP contribution in [0.5, 0.6) is 0 Å². The number of hydrogen-bond acceptors (Lipinski definition) is 4. The Bertz CT molecular complexity index is 783. The van der Waals surface area contributed by atoms with E-state index in [4.69, 9.17) is 11.5 Å². The van der Waals surface area contributed by atoms with Crippen LogP contribution in [0.2, 0.25) is 0 Å². The Morgan fingerprint density at radius 2 is 1.91 bits per heavy atom. The molecule has 2 aromatic rings. The van der Waals surface area contributed by atoms with Crippen molar-refractivity contribution in [1.82, 2.24) is 0 Å². The molecule has 23 heavy (non-hydrogen) atoms. The summed E-state index contributed by atoms with van der Waals surface area (Å²) in [7, 11) is 0. The first kappa shape index (κ1) is 15.4. The molecule has 0 aromatic heterocycles. The molecule has 120 valence electrons.